The first kappa shape index (κ1) is 8.01. The van der Waals surface area contributed by atoms with Crippen molar-refractivity contribution in [3.63, 3.8) is 0 Å². The van der Waals surface area contributed by atoms with E-state index in [0.29, 0.717) is 6.54 Å². The van der Waals surface area contributed by atoms with Crippen LogP contribution >= 0.6 is 0 Å². The summed E-state index contributed by atoms with van der Waals surface area (Å²) in [4.78, 5) is 13.9. The Morgan fingerprint density at radius 1 is 1.55 bits per heavy atom. The molecule has 3 heteroatoms. The summed E-state index contributed by atoms with van der Waals surface area (Å²) in [6.07, 6.45) is 0. The number of rotatable bonds is 2. The molecule has 0 amide bonds. The number of hydrogen-bond donors (Lipinski definition) is 2. The zero-order valence-corrected chi connectivity index (χ0v) is 6.77. The minimum absolute atomic E-state index is 0.000602. The third kappa shape index (κ3) is 1.91. The van der Waals surface area contributed by atoms with E-state index in [2.05, 4.69) is 10.3 Å². The molecular weight excluding hydrogens is 140 g/mol. The van der Waals surface area contributed by atoms with E-state index >= 15 is 0 Å². The van der Waals surface area contributed by atoms with Crippen LogP contribution in [0.4, 0.5) is 0 Å². The molecule has 3 nitrogen and oxygen atoms in total. The first-order valence-electron chi connectivity index (χ1n) is 3.57. The highest BCUT2D eigenvalue weighted by molar-refractivity contribution is 5.12. The summed E-state index contributed by atoms with van der Waals surface area (Å²) in [5.41, 5.74) is 1.67. The van der Waals surface area contributed by atoms with Crippen LogP contribution in [0, 0.1) is 6.92 Å². The van der Waals surface area contributed by atoms with E-state index in [1.807, 2.05) is 26.1 Å². The van der Waals surface area contributed by atoms with Crippen LogP contribution < -0.4 is 10.9 Å². The van der Waals surface area contributed by atoms with Crippen LogP contribution in [0.3, 0.4) is 0 Å². The highest BCUT2D eigenvalue weighted by atomic mass is 16.1. The lowest BCUT2D eigenvalue weighted by molar-refractivity contribution is 0.803. The highest BCUT2D eigenvalue weighted by Crippen LogP contribution is 1.91. The summed E-state index contributed by atoms with van der Waals surface area (Å²) in [6.45, 7) is 2.49. The van der Waals surface area contributed by atoms with E-state index in [9.17, 15) is 4.79 Å². The zero-order chi connectivity index (χ0) is 8.27. The largest absolute Gasteiger partial charge is 0.326 e. The van der Waals surface area contributed by atoms with E-state index in [4.69, 9.17) is 0 Å². The van der Waals surface area contributed by atoms with Gasteiger partial charge in [-0.2, -0.15) is 0 Å². The summed E-state index contributed by atoms with van der Waals surface area (Å²) in [5.74, 6) is 0. The number of aryl methyl sites for hydroxylation is 1. The normalized spacial score (nSPS) is 10.0. The lowest BCUT2D eigenvalue weighted by Crippen LogP contribution is -2.18. The van der Waals surface area contributed by atoms with Crippen molar-refractivity contribution in [2.24, 2.45) is 0 Å². The quantitative estimate of drug-likeness (QED) is 0.644. The average Bonchev–Trinajstić information content (AvgIpc) is 1.95. The molecule has 0 aliphatic heterocycles. The molecule has 1 rings (SSSR count). The Balaban J connectivity index is 3.00. The van der Waals surface area contributed by atoms with Gasteiger partial charge < -0.3 is 10.3 Å². The molecular formula is C8H12N2O. The Morgan fingerprint density at radius 3 is 2.82 bits per heavy atom. The average molecular weight is 152 g/mol. The molecule has 60 valence electrons. The fourth-order valence-corrected chi connectivity index (χ4v) is 0.932. The third-order valence-electron chi connectivity index (χ3n) is 1.50. The Labute approximate surface area is 65.5 Å². The molecule has 1 heterocycles. The number of H-pyrrole nitrogens is 1. The summed E-state index contributed by atoms with van der Waals surface area (Å²) < 4.78 is 0. The molecule has 1 aromatic heterocycles. The van der Waals surface area contributed by atoms with Crippen molar-refractivity contribution in [2.45, 2.75) is 13.5 Å². The number of nitrogens with one attached hydrogen (secondary N) is 2. The molecule has 0 fully saturated rings. The van der Waals surface area contributed by atoms with Gasteiger partial charge in [0.2, 0.25) is 0 Å². The Morgan fingerprint density at radius 2 is 2.27 bits per heavy atom. The van der Waals surface area contributed by atoms with Crippen LogP contribution in [-0.2, 0) is 6.54 Å². The standard InChI is InChI=1S/C8H12N2O/c1-6-3-4-7(5-9-2)8(11)10-6/h3-4,9H,5H2,1-2H3,(H,10,11). The second kappa shape index (κ2) is 3.34. The molecule has 0 aliphatic carbocycles. The highest BCUT2D eigenvalue weighted by Gasteiger charge is 1.95. The lowest BCUT2D eigenvalue weighted by atomic mass is 10.2. The van der Waals surface area contributed by atoms with Crippen molar-refractivity contribution in [3.05, 3.63) is 33.7 Å². The number of pyridine rings is 1. The second-order valence-corrected chi connectivity index (χ2v) is 2.53. The van der Waals surface area contributed by atoms with Gasteiger partial charge in [-0.15, -0.1) is 0 Å². The minimum atomic E-state index is -0.000602. The van der Waals surface area contributed by atoms with Gasteiger partial charge in [-0.05, 0) is 20.0 Å². The van der Waals surface area contributed by atoms with Crippen LogP contribution in [0.25, 0.3) is 0 Å². The second-order valence-electron chi connectivity index (χ2n) is 2.53. The Bertz CT molecular complexity index is 290. The van der Waals surface area contributed by atoms with Gasteiger partial charge in [0.05, 0.1) is 0 Å². The summed E-state index contributed by atoms with van der Waals surface area (Å²) in [7, 11) is 1.82. The van der Waals surface area contributed by atoms with Gasteiger partial charge in [0.1, 0.15) is 0 Å². The van der Waals surface area contributed by atoms with Crippen molar-refractivity contribution in [2.75, 3.05) is 7.05 Å². The summed E-state index contributed by atoms with van der Waals surface area (Å²) >= 11 is 0. The van der Waals surface area contributed by atoms with Crippen molar-refractivity contribution < 1.29 is 0 Å². The lowest BCUT2D eigenvalue weighted by Gasteiger charge is -1.98. The van der Waals surface area contributed by atoms with E-state index in [0.717, 1.165) is 11.3 Å². The Kier molecular flexibility index (Phi) is 2.44. The van der Waals surface area contributed by atoms with Gasteiger partial charge in [-0.25, -0.2) is 0 Å². The zero-order valence-electron chi connectivity index (χ0n) is 6.77. The van der Waals surface area contributed by atoms with E-state index < -0.39 is 0 Å². The molecule has 0 aliphatic rings. The van der Waals surface area contributed by atoms with Gasteiger partial charge in [0, 0.05) is 17.8 Å². The fourth-order valence-electron chi connectivity index (χ4n) is 0.932. The molecule has 0 saturated carbocycles. The molecule has 0 bridgehead atoms. The predicted octanol–water partition coefficient (Wildman–Crippen LogP) is 0.403. The summed E-state index contributed by atoms with van der Waals surface area (Å²) in [5, 5.41) is 2.92. The van der Waals surface area contributed by atoms with Crippen LogP contribution in [0.1, 0.15) is 11.3 Å². The van der Waals surface area contributed by atoms with Crippen LogP contribution in [0.2, 0.25) is 0 Å². The molecule has 1 aromatic rings. The topological polar surface area (TPSA) is 44.9 Å². The van der Waals surface area contributed by atoms with Gasteiger partial charge in [-0.3, -0.25) is 4.79 Å². The monoisotopic (exact) mass is 152 g/mol. The SMILES string of the molecule is CNCc1ccc(C)[nH]c1=O. The molecule has 11 heavy (non-hydrogen) atoms. The molecule has 0 saturated heterocycles. The van der Waals surface area contributed by atoms with Crippen molar-refractivity contribution in [1.29, 1.82) is 0 Å². The molecule has 0 aromatic carbocycles. The number of aromatic amines is 1. The Hall–Kier alpha value is -1.09. The first-order chi connectivity index (χ1) is 5.24. The number of hydrogen-bond acceptors (Lipinski definition) is 2. The molecule has 0 spiro atoms. The summed E-state index contributed by atoms with van der Waals surface area (Å²) in [6, 6.07) is 3.73. The molecule has 2 N–H and O–H groups in total. The number of aromatic nitrogens is 1. The maximum Gasteiger partial charge on any atom is 0.252 e. The van der Waals surface area contributed by atoms with Crippen molar-refractivity contribution in [1.82, 2.24) is 10.3 Å². The maximum atomic E-state index is 11.1. The smallest absolute Gasteiger partial charge is 0.252 e. The predicted molar refractivity (Wildman–Crippen MR) is 44.6 cm³/mol. The van der Waals surface area contributed by atoms with Crippen LogP contribution in [-0.4, -0.2) is 12.0 Å². The van der Waals surface area contributed by atoms with Crippen molar-refractivity contribution in [3.8, 4) is 0 Å². The van der Waals surface area contributed by atoms with E-state index in [-0.39, 0.29) is 5.56 Å². The van der Waals surface area contributed by atoms with Gasteiger partial charge in [0.25, 0.3) is 5.56 Å². The first-order valence-corrected chi connectivity index (χ1v) is 3.57. The van der Waals surface area contributed by atoms with Gasteiger partial charge in [0.15, 0.2) is 0 Å². The van der Waals surface area contributed by atoms with Crippen LogP contribution in [0.15, 0.2) is 16.9 Å². The fraction of sp³-hybridized carbons (Fsp3) is 0.375. The maximum absolute atomic E-state index is 11.1. The third-order valence-corrected chi connectivity index (χ3v) is 1.50. The van der Waals surface area contributed by atoms with Crippen molar-refractivity contribution >= 4 is 0 Å². The van der Waals surface area contributed by atoms with E-state index in [1.54, 1.807) is 0 Å². The van der Waals surface area contributed by atoms with Crippen LogP contribution in [0.5, 0.6) is 0 Å². The molecule has 0 atom stereocenters. The molecule has 0 radical (unpaired) electrons. The van der Waals surface area contributed by atoms with Gasteiger partial charge in [-0.1, -0.05) is 6.07 Å². The minimum Gasteiger partial charge on any atom is -0.326 e. The van der Waals surface area contributed by atoms with Gasteiger partial charge >= 0.3 is 0 Å². The molecule has 0 unspecified atom stereocenters. The van der Waals surface area contributed by atoms with E-state index in [1.165, 1.54) is 0 Å².